The number of rotatable bonds is 7. The van der Waals surface area contributed by atoms with Crippen molar-refractivity contribution in [1.82, 2.24) is 0 Å². The summed E-state index contributed by atoms with van der Waals surface area (Å²) in [7, 11) is 0. The highest BCUT2D eigenvalue weighted by Gasteiger charge is 2.28. The molecule has 2 amide bonds. The Hall–Kier alpha value is -3.93. The quantitative estimate of drug-likeness (QED) is 0.233. The van der Waals surface area contributed by atoms with Crippen molar-refractivity contribution >= 4 is 45.6 Å². The Bertz CT molecular complexity index is 1560. The molecule has 5 nitrogen and oxygen atoms in total. The van der Waals surface area contributed by atoms with Crippen molar-refractivity contribution in [2.75, 3.05) is 10.6 Å². The van der Waals surface area contributed by atoms with Crippen LogP contribution in [0, 0.1) is 17.1 Å². The zero-order chi connectivity index (χ0) is 27.4. The third-order valence-electron chi connectivity index (χ3n) is 6.78. The van der Waals surface area contributed by atoms with Crippen LogP contribution in [0.3, 0.4) is 0 Å². The van der Waals surface area contributed by atoms with E-state index in [0.29, 0.717) is 22.2 Å². The van der Waals surface area contributed by atoms with E-state index in [9.17, 15) is 19.2 Å². The highest BCUT2D eigenvalue weighted by Crippen LogP contribution is 2.42. The molecule has 8 heteroatoms. The van der Waals surface area contributed by atoms with Crippen LogP contribution in [0.4, 0.5) is 15.1 Å². The van der Waals surface area contributed by atoms with Gasteiger partial charge in [-0.15, -0.1) is 23.1 Å². The summed E-state index contributed by atoms with van der Waals surface area (Å²) in [6.07, 6.45) is 2.66. The Morgan fingerprint density at radius 3 is 2.59 bits per heavy atom. The number of halogens is 1. The maximum atomic E-state index is 14.0. The van der Waals surface area contributed by atoms with Gasteiger partial charge in [-0.25, -0.2) is 4.39 Å². The standard InChI is InChI=1S/C31H26FN3O2S2/c1-19(38-23-11-7-10-22(17-23)34-30(37)25-12-5-6-13-27(25)32)29(36)35-31-26(18-33)24-15-14-21(16-28(24)39-31)20-8-3-2-4-9-20/h2-13,17,19,21H,14-16H2,1H3,(H,34,37)(H,35,36). The van der Waals surface area contributed by atoms with Crippen LogP contribution >= 0.6 is 23.1 Å². The first-order valence-corrected chi connectivity index (χ1v) is 14.4. The Labute approximate surface area is 235 Å². The number of amides is 2. The molecule has 196 valence electrons. The number of nitrogens with one attached hydrogen (secondary N) is 2. The first-order valence-electron chi connectivity index (χ1n) is 12.7. The van der Waals surface area contributed by atoms with Gasteiger partial charge in [0.05, 0.1) is 16.4 Å². The second-order valence-corrected chi connectivity index (χ2v) is 11.9. The summed E-state index contributed by atoms with van der Waals surface area (Å²) in [5.41, 5.74) is 3.41. The summed E-state index contributed by atoms with van der Waals surface area (Å²) in [6.45, 7) is 1.80. The number of hydrogen-bond acceptors (Lipinski definition) is 5. The van der Waals surface area contributed by atoms with Crippen molar-refractivity contribution in [2.45, 2.75) is 42.2 Å². The number of fused-ring (bicyclic) bond motifs is 1. The van der Waals surface area contributed by atoms with E-state index in [0.717, 1.165) is 29.7 Å². The molecule has 1 aliphatic carbocycles. The van der Waals surface area contributed by atoms with Crippen molar-refractivity contribution in [3.05, 3.63) is 112 Å². The van der Waals surface area contributed by atoms with Gasteiger partial charge in [-0.1, -0.05) is 48.5 Å². The Kier molecular flexibility index (Phi) is 8.10. The van der Waals surface area contributed by atoms with Gasteiger partial charge in [0.25, 0.3) is 5.91 Å². The van der Waals surface area contributed by atoms with Crippen LogP contribution in [0.1, 0.15) is 51.2 Å². The number of thioether (sulfide) groups is 1. The minimum Gasteiger partial charge on any atom is -0.322 e. The molecule has 3 aromatic carbocycles. The molecule has 39 heavy (non-hydrogen) atoms. The number of carbonyl (C=O) groups is 2. The van der Waals surface area contributed by atoms with Gasteiger partial charge in [0.15, 0.2) is 0 Å². The average molecular weight is 556 g/mol. The molecule has 2 unspecified atom stereocenters. The van der Waals surface area contributed by atoms with Gasteiger partial charge in [-0.05, 0) is 73.6 Å². The molecule has 4 aromatic rings. The second-order valence-electron chi connectivity index (χ2n) is 9.38. The fourth-order valence-electron chi connectivity index (χ4n) is 4.76. The summed E-state index contributed by atoms with van der Waals surface area (Å²) in [6, 6.07) is 25.6. The fraction of sp³-hybridized carbons (Fsp3) is 0.194. The third-order valence-corrected chi connectivity index (χ3v) is 9.04. The van der Waals surface area contributed by atoms with Crippen LogP contribution in [0.25, 0.3) is 0 Å². The van der Waals surface area contributed by atoms with Crippen LogP contribution in [0.5, 0.6) is 0 Å². The highest BCUT2D eigenvalue weighted by atomic mass is 32.2. The molecular weight excluding hydrogens is 529 g/mol. The van der Waals surface area contributed by atoms with Gasteiger partial charge < -0.3 is 10.6 Å². The summed E-state index contributed by atoms with van der Waals surface area (Å²) in [4.78, 5) is 27.5. The molecule has 1 heterocycles. The normalized spacial score (nSPS) is 15.1. The lowest BCUT2D eigenvalue weighted by atomic mass is 9.83. The van der Waals surface area contributed by atoms with E-state index >= 15 is 0 Å². The first-order chi connectivity index (χ1) is 18.9. The number of thiophene rings is 1. The molecule has 0 radical (unpaired) electrons. The number of carbonyl (C=O) groups excluding carboxylic acids is 2. The van der Waals surface area contributed by atoms with E-state index in [-0.39, 0.29) is 11.5 Å². The van der Waals surface area contributed by atoms with Crippen LogP contribution in [0.2, 0.25) is 0 Å². The topological polar surface area (TPSA) is 82.0 Å². The molecule has 5 rings (SSSR count). The molecule has 0 spiro atoms. The molecule has 0 saturated heterocycles. The van der Waals surface area contributed by atoms with Gasteiger partial charge >= 0.3 is 0 Å². The van der Waals surface area contributed by atoms with Crippen molar-refractivity contribution in [1.29, 1.82) is 5.26 Å². The van der Waals surface area contributed by atoms with E-state index in [1.165, 1.54) is 51.7 Å². The number of nitriles is 1. The maximum absolute atomic E-state index is 14.0. The Morgan fingerprint density at radius 1 is 1.05 bits per heavy atom. The smallest absolute Gasteiger partial charge is 0.258 e. The van der Waals surface area contributed by atoms with E-state index in [1.54, 1.807) is 31.2 Å². The van der Waals surface area contributed by atoms with Crippen LogP contribution < -0.4 is 10.6 Å². The lowest BCUT2D eigenvalue weighted by Gasteiger charge is -2.22. The van der Waals surface area contributed by atoms with Crippen molar-refractivity contribution in [3.63, 3.8) is 0 Å². The third kappa shape index (κ3) is 6.06. The summed E-state index contributed by atoms with van der Waals surface area (Å²) in [5, 5.41) is 15.7. The molecule has 2 atom stereocenters. The summed E-state index contributed by atoms with van der Waals surface area (Å²) < 4.78 is 14.0. The van der Waals surface area contributed by atoms with Crippen molar-refractivity contribution in [2.24, 2.45) is 0 Å². The first kappa shape index (κ1) is 26.7. The molecule has 0 bridgehead atoms. The van der Waals surface area contributed by atoms with Crippen molar-refractivity contribution < 1.29 is 14.0 Å². The van der Waals surface area contributed by atoms with Crippen LogP contribution in [0.15, 0.2) is 83.8 Å². The Balaban J connectivity index is 1.24. The molecule has 1 aliphatic rings. The second kappa shape index (κ2) is 11.9. The molecule has 0 fully saturated rings. The zero-order valence-corrected chi connectivity index (χ0v) is 22.9. The predicted molar refractivity (Wildman–Crippen MR) is 155 cm³/mol. The highest BCUT2D eigenvalue weighted by molar-refractivity contribution is 8.00. The monoisotopic (exact) mass is 555 g/mol. The van der Waals surface area contributed by atoms with Gasteiger partial charge in [-0.2, -0.15) is 5.26 Å². The van der Waals surface area contributed by atoms with Gasteiger partial charge in [0, 0.05) is 15.5 Å². The largest absolute Gasteiger partial charge is 0.322 e. The molecule has 1 aromatic heterocycles. The van der Waals surface area contributed by atoms with Gasteiger partial charge in [0.1, 0.15) is 16.9 Å². The number of anilines is 2. The number of nitrogens with zero attached hydrogens (tertiary/aromatic N) is 1. The molecule has 0 saturated carbocycles. The van der Waals surface area contributed by atoms with E-state index in [4.69, 9.17) is 0 Å². The van der Waals surface area contributed by atoms with E-state index in [1.807, 2.05) is 12.1 Å². The number of benzene rings is 3. The maximum Gasteiger partial charge on any atom is 0.258 e. The molecule has 0 aliphatic heterocycles. The summed E-state index contributed by atoms with van der Waals surface area (Å²) >= 11 is 2.84. The zero-order valence-electron chi connectivity index (χ0n) is 21.2. The minimum absolute atomic E-state index is 0.0367. The fourth-order valence-corrected chi connectivity index (χ4v) is 6.97. The minimum atomic E-state index is -0.589. The molecular formula is C31H26FN3O2S2. The molecule has 2 N–H and O–H groups in total. The predicted octanol–water partition coefficient (Wildman–Crippen LogP) is 7.40. The van der Waals surface area contributed by atoms with Crippen LogP contribution in [-0.4, -0.2) is 17.1 Å². The summed E-state index contributed by atoms with van der Waals surface area (Å²) in [5.74, 6) is -0.918. The van der Waals surface area contributed by atoms with Crippen LogP contribution in [-0.2, 0) is 17.6 Å². The lowest BCUT2D eigenvalue weighted by Crippen LogP contribution is -2.22. The average Bonchev–Trinajstić information content (AvgIpc) is 3.29. The lowest BCUT2D eigenvalue weighted by molar-refractivity contribution is -0.115. The van der Waals surface area contributed by atoms with E-state index in [2.05, 4.69) is 41.0 Å². The van der Waals surface area contributed by atoms with E-state index < -0.39 is 17.0 Å². The number of hydrogen-bond donors (Lipinski definition) is 2. The van der Waals surface area contributed by atoms with Crippen molar-refractivity contribution in [3.8, 4) is 6.07 Å². The van der Waals surface area contributed by atoms with Gasteiger partial charge in [-0.3, -0.25) is 9.59 Å². The van der Waals surface area contributed by atoms with Gasteiger partial charge in [0.2, 0.25) is 5.91 Å². The Morgan fingerprint density at radius 2 is 1.82 bits per heavy atom. The SMILES string of the molecule is CC(Sc1cccc(NC(=O)c2ccccc2F)c1)C(=O)Nc1sc2c(c1C#N)CCC(c1ccccc1)C2.